The molecule has 0 amide bonds. The number of hydrogen-bond acceptors (Lipinski definition) is 6. The predicted octanol–water partition coefficient (Wildman–Crippen LogP) is 3.29. The van der Waals surface area contributed by atoms with Crippen molar-refractivity contribution in [3.8, 4) is 5.82 Å². The summed E-state index contributed by atoms with van der Waals surface area (Å²) in [6.07, 6.45) is 0.901. The minimum Gasteiger partial charge on any atom is -0.331 e. The first-order chi connectivity index (χ1) is 15.3. The van der Waals surface area contributed by atoms with Crippen molar-refractivity contribution in [2.24, 2.45) is 7.05 Å². The van der Waals surface area contributed by atoms with E-state index in [1.165, 1.54) is 4.90 Å². The van der Waals surface area contributed by atoms with Gasteiger partial charge in [-0.3, -0.25) is 0 Å². The number of fused-ring (bicyclic) bond motifs is 1. The molecule has 2 unspecified atom stereocenters. The first-order valence-corrected chi connectivity index (χ1v) is 10.6. The van der Waals surface area contributed by atoms with Crippen LogP contribution in [0.25, 0.3) is 16.9 Å². The fraction of sp³-hybridized carbons (Fsp3) is 0.409. The Morgan fingerprint density at radius 2 is 1.78 bits per heavy atom. The molecule has 32 heavy (non-hydrogen) atoms. The van der Waals surface area contributed by atoms with E-state index in [4.69, 9.17) is 4.98 Å². The van der Waals surface area contributed by atoms with E-state index >= 15 is 0 Å². The summed E-state index contributed by atoms with van der Waals surface area (Å²) in [6, 6.07) is 9.96. The SMILES string of the molecule is Cc1nc(C)n(-c2cc(C3CC3c3nc4ccccc4n3C)nc(N3CC(F)(F)C3)n2)n1. The van der Waals surface area contributed by atoms with Crippen molar-refractivity contribution < 1.29 is 8.78 Å². The number of halogens is 2. The molecule has 2 fully saturated rings. The Labute approximate surface area is 182 Å². The van der Waals surface area contributed by atoms with Crippen LogP contribution in [0.3, 0.4) is 0 Å². The molecule has 0 spiro atoms. The van der Waals surface area contributed by atoms with Gasteiger partial charge in [0, 0.05) is 24.9 Å². The highest BCUT2D eigenvalue weighted by Crippen LogP contribution is 2.54. The number of nitrogens with zero attached hydrogens (tertiary/aromatic N) is 8. The van der Waals surface area contributed by atoms with Gasteiger partial charge in [-0.05, 0) is 32.4 Å². The van der Waals surface area contributed by atoms with Crippen molar-refractivity contribution in [1.29, 1.82) is 0 Å². The minimum atomic E-state index is -2.70. The first-order valence-electron chi connectivity index (χ1n) is 10.6. The highest BCUT2D eigenvalue weighted by molar-refractivity contribution is 5.76. The summed E-state index contributed by atoms with van der Waals surface area (Å²) in [4.78, 5) is 19.9. The van der Waals surface area contributed by atoms with Crippen LogP contribution in [-0.2, 0) is 7.05 Å². The lowest BCUT2D eigenvalue weighted by Gasteiger charge is -2.38. The number of para-hydroxylation sites is 2. The molecule has 3 aromatic heterocycles. The molecule has 6 rings (SSSR count). The second kappa shape index (κ2) is 6.54. The standard InChI is InChI=1S/C22H22F2N8/c1-12-25-13(2)32(29-12)19-9-17(27-21(28-19)31-10-22(23,24)11-31)14-8-15(14)20-26-16-6-4-5-7-18(16)30(20)3/h4-7,9,14-15H,8,10-11H2,1-3H3. The summed E-state index contributed by atoms with van der Waals surface area (Å²) in [7, 11) is 2.03. The molecular weight excluding hydrogens is 414 g/mol. The Bertz CT molecular complexity index is 1350. The molecule has 4 aromatic rings. The number of aryl methyl sites for hydroxylation is 3. The molecule has 1 aromatic carbocycles. The van der Waals surface area contributed by atoms with E-state index in [0.29, 0.717) is 23.4 Å². The molecule has 2 atom stereocenters. The molecule has 2 aliphatic rings. The van der Waals surface area contributed by atoms with Gasteiger partial charge in [0.25, 0.3) is 5.92 Å². The summed E-state index contributed by atoms with van der Waals surface area (Å²) in [6.45, 7) is 2.91. The monoisotopic (exact) mass is 436 g/mol. The third kappa shape index (κ3) is 3.04. The number of alkyl halides is 2. The minimum absolute atomic E-state index is 0.151. The van der Waals surface area contributed by atoms with Crippen LogP contribution in [0.5, 0.6) is 0 Å². The van der Waals surface area contributed by atoms with Gasteiger partial charge in [-0.2, -0.15) is 9.67 Å². The zero-order chi connectivity index (χ0) is 22.2. The van der Waals surface area contributed by atoms with Crippen molar-refractivity contribution in [2.75, 3.05) is 18.0 Å². The number of anilines is 1. The van der Waals surface area contributed by atoms with Crippen LogP contribution in [0.4, 0.5) is 14.7 Å². The first kappa shape index (κ1) is 19.3. The largest absolute Gasteiger partial charge is 0.331 e. The number of imidazole rings is 1. The molecule has 4 heterocycles. The quantitative estimate of drug-likeness (QED) is 0.489. The highest BCUT2D eigenvalue weighted by atomic mass is 19.3. The van der Waals surface area contributed by atoms with Crippen molar-refractivity contribution >= 4 is 17.0 Å². The summed E-state index contributed by atoms with van der Waals surface area (Å²) >= 11 is 0. The van der Waals surface area contributed by atoms with Crippen molar-refractivity contribution in [3.05, 3.63) is 53.5 Å². The molecule has 0 radical (unpaired) electrons. The number of hydrogen-bond donors (Lipinski definition) is 0. The van der Waals surface area contributed by atoms with Gasteiger partial charge in [0.2, 0.25) is 5.95 Å². The third-order valence-corrected chi connectivity index (χ3v) is 6.26. The number of aromatic nitrogens is 7. The lowest BCUT2D eigenvalue weighted by atomic mass is 10.1. The molecule has 0 N–H and O–H groups in total. The van der Waals surface area contributed by atoms with Crippen molar-refractivity contribution in [3.63, 3.8) is 0 Å². The maximum atomic E-state index is 13.5. The van der Waals surface area contributed by atoms with Crippen molar-refractivity contribution in [1.82, 2.24) is 34.3 Å². The predicted molar refractivity (Wildman–Crippen MR) is 114 cm³/mol. The van der Waals surface area contributed by atoms with E-state index in [1.54, 1.807) is 4.68 Å². The van der Waals surface area contributed by atoms with E-state index in [-0.39, 0.29) is 24.9 Å². The molecule has 1 aliphatic carbocycles. The average molecular weight is 436 g/mol. The van der Waals surface area contributed by atoms with Gasteiger partial charge in [-0.25, -0.2) is 23.7 Å². The van der Waals surface area contributed by atoms with E-state index in [2.05, 4.69) is 30.7 Å². The molecule has 8 nitrogen and oxygen atoms in total. The number of benzene rings is 1. The van der Waals surface area contributed by atoms with Crippen LogP contribution in [0.2, 0.25) is 0 Å². The van der Waals surface area contributed by atoms with Gasteiger partial charge < -0.3 is 9.47 Å². The fourth-order valence-corrected chi connectivity index (χ4v) is 4.57. The Balaban J connectivity index is 1.38. The van der Waals surface area contributed by atoms with Gasteiger partial charge in [-0.15, -0.1) is 5.10 Å². The van der Waals surface area contributed by atoms with Crippen molar-refractivity contribution in [2.45, 2.75) is 38.0 Å². The highest BCUT2D eigenvalue weighted by Gasteiger charge is 2.47. The fourth-order valence-electron chi connectivity index (χ4n) is 4.57. The van der Waals surface area contributed by atoms with Gasteiger partial charge in [0.15, 0.2) is 5.82 Å². The Morgan fingerprint density at radius 3 is 2.47 bits per heavy atom. The second-order valence-corrected chi connectivity index (χ2v) is 8.75. The summed E-state index contributed by atoms with van der Waals surface area (Å²) < 4.78 is 30.8. The molecule has 1 saturated heterocycles. The van der Waals surface area contributed by atoms with Gasteiger partial charge >= 0.3 is 0 Å². The second-order valence-electron chi connectivity index (χ2n) is 8.75. The van der Waals surface area contributed by atoms with E-state index < -0.39 is 5.92 Å². The Hall–Kier alpha value is -3.43. The normalized spacial score (nSPS) is 21.7. The molecule has 10 heteroatoms. The lowest BCUT2D eigenvalue weighted by Crippen LogP contribution is -2.57. The summed E-state index contributed by atoms with van der Waals surface area (Å²) in [5, 5.41) is 4.43. The van der Waals surface area contributed by atoms with Crippen LogP contribution >= 0.6 is 0 Å². The summed E-state index contributed by atoms with van der Waals surface area (Å²) in [5.74, 6) is 0.867. The topological polar surface area (TPSA) is 77.5 Å². The van der Waals surface area contributed by atoms with E-state index in [0.717, 1.165) is 29.0 Å². The lowest BCUT2D eigenvalue weighted by molar-refractivity contribution is -0.0272. The molecule has 1 aliphatic heterocycles. The number of rotatable bonds is 4. The smallest absolute Gasteiger partial charge is 0.282 e. The Kier molecular flexibility index (Phi) is 3.94. The van der Waals surface area contributed by atoms with E-state index in [9.17, 15) is 8.78 Å². The van der Waals surface area contributed by atoms with Gasteiger partial charge in [0.1, 0.15) is 17.5 Å². The molecular formula is C22H22F2N8. The molecule has 0 bridgehead atoms. The zero-order valence-corrected chi connectivity index (χ0v) is 18.0. The van der Waals surface area contributed by atoms with Crippen LogP contribution in [0.15, 0.2) is 30.3 Å². The third-order valence-electron chi connectivity index (χ3n) is 6.26. The maximum Gasteiger partial charge on any atom is 0.282 e. The van der Waals surface area contributed by atoms with Crippen LogP contribution in [-0.4, -0.2) is 53.3 Å². The Morgan fingerprint density at radius 1 is 1.00 bits per heavy atom. The molecule has 1 saturated carbocycles. The maximum absolute atomic E-state index is 13.5. The van der Waals surface area contributed by atoms with Gasteiger partial charge in [-0.1, -0.05) is 12.1 Å². The average Bonchev–Trinajstić information content (AvgIpc) is 3.37. The zero-order valence-electron chi connectivity index (χ0n) is 18.0. The van der Waals surface area contributed by atoms with Crippen LogP contribution < -0.4 is 4.90 Å². The summed E-state index contributed by atoms with van der Waals surface area (Å²) in [5.41, 5.74) is 2.88. The molecule has 164 valence electrons. The van der Waals surface area contributed by atoms with E-state index in [1.807, 2.05) is 45.2 Å². The van der Waals surface area contributed by atoms with Crippen LogP contribution in [0, 0.1) is 13.8 Å². The van der Waals surface area contributed by atoms with Crippen LogP contribution in [0.1, 0.15) is 41.4 Å². The van der Waals surface area contributed by atoms with Gasteiger partial charge in [0.05, 0.1) is 29.8 Å².